The van der Waals surface area contributed by atoms with Crippen LogP contribution in [0.1, 0.15) is 16.7 Å². The number of hydrogen-bond donors (Lipinski definition) is 1. The van der Waals surface area contributed by atoms with E-state index < -0.39 is 0 Å². The van der Waals surface area contributed by atoms with Crippen molar-refractivity contribution in [3.05, 3.63) is 64.2 Å². The Kier molecular flexibility index (Phi) is 7.18. The van der Waals surface area contributed by atoms with E-state index in [1.165, 1.54) is 16.8 Å². The minimum atomic E-state index is -0.00411. The first-order chi connectivity index (χ1) is 12.0. The van der Waals surface area contributed by atoms with Gasteiger partial charge in [-0.2, -0.15) is 0 Å². The zero-order valence-corrected chi connectivity index (χ0v) is 16.7. The van der Waals surface area contributed by atoms with Gasteiger partial charge in [0.2, 0.25) is 0 Å². The van der Waals surface area contributed by atoms with Crippen LogP contribution in [0.25, 0.3) is 0 Å². The Balaban J connectivity index is 0.00000243. The van der Waals surface area contributed by atoms with Crippen LogP contribution < -0.4 is 10.2 Å². The molecule has 2 aromatic carbocycles. The van der Waals surface area contributed by atoms with Crippen molar-refractivity contribution in [1.82, 2.24) is 10.2 Å². The van der Waals surface area contributed by atoms with E-state index in [4.69, 9.17) is 11.6 Å². The van der Waals surface area contributed by atoms with E-state index in [9.17, 15) is 4.79 Å². The predicted octanol–water partition coefficient (Wildman–Crippen LogP) is 4.41. The average Bonchev–Trinajstić information content (AvgIpc) is 2.63. The SMILES string of the molecule is Cc1cccc(N2CCN(C(=O)NCc3ccc(Cl)cc3)CC2)c1C.Cl. The van der Waals surface area contributed by atoms with E-state index in [1.807, 2.05) is 29.2 Å². The topological polar surface area (TPSA) is 35.6 Å². The van der Waals surface area contributed by atoms with Crippen molar-refractivity contribution in [2.75, 3.05) is 31.1 Å². The van der Waals surface area contributed by atoms with E-state index in [2.05, 4.69) is 42.3 Å². The lowest BCUT2D eigenvalue weighted by molar-refractivity contribution is 0.194. The van der Waals surface area contributed by atoms with Gasteiger partial charge in [0.1, 0.15) is 0 Å². The van der Waals surface area contributed by atoms with E-state index in [1.54, 1.807) is 0 Å². The highest BCUT2D eigenvalue weighted by atomic mass is 35.5. The molecule has 4 nitrogen and oxygen atoms in total. The quantitative estimate of drug-likeness (QED) is 0.837. The summed E-state index contributed by atoms with van der Waals surface area (Å²) in [5, 5.41) is 3.69. The van der Waals surface area contributed by atoms with Crippen LogP contribution >= 0.6 is 24.0 Å². The Labute approximate surface area is 166 Å². The van der Waals surface area contributed by atoms with Crippen LogP contribution in [0.2, 0.25) is 5.02 Å². The van der Waals surface area contributed by atoms with Crippen molar-refractivity contribution in [3.63, 3.8) is 0 Å². The third kappa shape index (κ3) is 4.83. The molecule has 1 N–H and O–H groups in total. The fourth-order valence-electron chi connectivity index (χ4n) is 3.12. The lowest BCUT2D eigenvalue weighted by atomic mass is 10.1. The number of nitrogens with one attached hydrogen (secondary N) is 1. The Hall–Kier alpha value is -1.91. The molecule has 0 radical (unpaired) electrons. The zero-order valence-electron chi connectivity index (χ0n) is 15.2. The molecule has 0 saturated carbocycles. The summed E-state index contributed by atoms with van der Waals surface area (Å²) in [6, 6.07) is 13.9. The standard InChI is InChI=1S/C20H24ClN3O.ClH/c1-15-4-3-5-19(16(15)2)23-10-12-24(13-11-23)20(25)22-14-17-6-8-18(21)9-7-17;/h3-9H,10-14H2,1-2H3,(H,22,25);1H. The summed E-state index contributed by atoms with van der Waals surface area (Å²) in [6.07, 6.45) is 0. The summed E-state index contributed by atoms with van der Waals surface area (Å²) in [7, 11) is 0. The monoisotopic (exact) mass is 393 g/mol. The van der Waals surface area contributed by atoms with Gasteiger partial charge in [-0.25, -0.2) is 4.79 Å². The molecule has 3 rings (SSSR count). The molecule has 0 unspecified atom stereocenters. The normalized spacial score (nSPS) is 14.0. The molecule has 1 aliphatic rings. The number of aryl methyl sites for hydroxylation is 1. The molecule has 2 aromatic rings. The Morgan fingerprint density at radius 2 is 1.69 bits per heavy atom. The highest BCUT2D eigenvalue weighted by molar-refractivity contribution is 6.30. The molecule has 0 spiro atoms. The van der Waals surface area contributed by atoms with Gasteiger partial charge in [-0.15, -0.1) is 12.4 Å². The molecule has 0 aromatic heterocycles. The third-order valence-electron chi connectivity index (χ3n) is 4.84. The van der Waals surface area contributed by atoms with E-state index in [0.717, 1.165) is 31.7 Å². The smallest absolute Gasteiger partial charge is 0.317 e. The molecule has 2 amide bonds. The minimum absolute atomic E-state index is 0. The maximum Gasteiger partial charge on any atom is 0.317 e. The number of urea groups is 1. The number of benzene rings is 2. The van der Waals surface area contributed by atoms with E-state index >= 15 is 0 Å². The largest absolute Gasteiger partial charge is 0.368 e. The molecule has 0 aliphatic carbocycles. The third-order valence-corrected chi connectivity index (χ3v) is 5.09. The lowest BCUT2D eigenvalue weighted by Crippen LogP contribution is -2.51. The summed E-state index contributed by atoms with van der Waals surface area (Å²) in [4.78, 5) is 16.6. The molecule has 1 saturated heterocycles. The van der Waals surface area contributed by atoms with Crippen LogP contribution in [0.5, 0.6) is 0 Å². The lowest BCUT2D eigenvalue weighted by Gasteiger charge is -2.37. The van der Waals surface area contributed by atoms with Crippen LogP contribution in [0.15, 0.2) is 42.5 Å². The van der Waals surface area contributed by atoms with Crippen molar-refractivity contribution in [3.8, 4) is 0 Å². The van der Waals surface area contributed by atoms with Gasteiger partial charge in [0, 0.05) is 43.4 Å². The fraction of sp³-hybridized carbons (Fsp3) is 0.350. The van der Waals surface area contributed by atoms with E-state index in [-0.39, 0.29) is 18.4 Å². The average molecular weight is 394 g/mol. The molecule has 140 valence electrons. The number of anilines is 1. The molecular weight excluding hydrogens is 369 g/mol. The molecular formula is C20H25Cl2N3O. The predicted molar refractivity (Wildman–Crippen MR) is 111 cm³/mol. The summed E-state index contributed by atoms with van der Waals surface area (Å²) >= 11 is 5.88. The van der Waals surface area contributed by atoms with Crippen molar-refractivity contribution >= 4 is 35.7 Å². The van der Waals surface area contributed by atoms with Crippen LogP contribution in [-0.4, -0.2) is 37.1 Å². The molecule has 1 aliphatic heterocycles. The highest BCUT2D eigenvalue weighted by Gasteiger charge is 2.22. The van der Waals surface area contributed by atoms with Crippen molar-refractivity contribution in [1.29, 1.82) is 0 Å². The maximum absolute atomic E-state index is 12.4. The summed E-state index contributed by atoms with van der Waals surface area (Å²) < 4.78 is 0. The second-order valence-corrected chi connectivity index (χ2v) is 6.91. The number of amides is 2. The molecule has 0 atom stereocenters. The fourth-order valence-corrected chi connectivity index (χ4v) is 3.25. The minimum Gasteiger partial charge on any atom is -0.368 e. The van der Waals surface area contributed by atoms with E-state index in [0.29, 0.717) is 11.6 Å². The number of hydrogen-bond acceptors (Lipinski definition) is 2. The molecule has 1 heterocycles. The molecule has 26 heavy (non-hydrogen) atoms. The second-order valence-electron chi connectivity index (χ2n) is 6.48. The van der Waals surface area contributed by atoms with Gasteiger partial charge in [0.15, 0.2) is 0 Å². The van der Waals surface area contributed by atoms with Crippen LogP contribution in [-0.2, 0) is 6.54 Å². The Morgan fingerprint density at radius 3 is 2.35 bits per heavy atom. The summed E-state index contributed by atoms with van der Waals surface area (Å²) in [5.74, 6) is 0. The summed E-state index contributed by atoms with van der Waals surface area (Å²) in [5.41, 5.74) is 4.96. The number of piperazine rings is 1. The number of carbonyl (C=O) groups excluding carboxylic acids is 1. The van der Waals surface area contributed by atoms with Crippen LogP contribution in [0.4, 0.5) is 10.5 Å². The van der Waals surface area contributed by atoms with Gasteiger partial charge in [-0.05, 0) is 48.7 Å². The van der Waals surface area contributed by atoms with Crippen molar-refractivity contribution in [2.45, 2.75) is 20.4 Å². The number of halogens is 2. The number of carbonyl (C=O) groups is 1. The second kappa shape index (κ2) is 9.15. The van der Waals surface area contributed by atoms with Gasteiger partial charge < -0.3 is 15.1 Å². The first kappa shape index (κ1) is 20.4. The maximum atomic E-state index is 12.4. The Morgan fingerprint density at radius 1 is 1.04 bits per heavy atom. The molecule has 6 heteroatoms. The van der Waals surface area contributed by atoms with Gasteiger partial charge in [0.05, 0.1) is 0 Å². The Bertz CT molecular complexity index is 741. The highest BCUT2D eigenvalue weighted by Crippen LogP contribution is 2.23. The first-order valence-electron chi connectivity index (χ1n) is 8.63. The van der Waals surface area contributed by atoms with Crippen LogP contribution in [0, 0.1) is 13.8 Å². The summed E-state index contributed by atoms with van der Waals surface area (Å²) in [6.45, 7) is 8.01. The number of nitrogens with zero attached hydrogens (tertiary/aromatic N) is 2. The molecule has 1 fully saturated rings. The van der Waals surface area contributed by atoms with Gasteiger partial charge in [-0.1, -0.05) is 35.9 Å². The van der Waals surface area contributed by atoms with Crippen LogP contribution in [0.3, 0.4) is 0 Å². The van der Waals surface area contributed by atoms with Crippen molar-refractivity contribution in [2.24, 2.45) is 0 Å². The van der Waals surface area contributed by atoms with Crippen molar-refractivity contribution < 1.29 is 4.79 Å². The molecule has 0 bridgehead atoms. The van der Waals surface area contributed by atoms with Gasteiger partial charge >= 0.3 is 6.03 Å². The zero-order chi connectivity index (χ0) is 17.8. The first-order valence-corrected chi connectivity index (χ1v) is 9.01. The van der Waals surface area contributed by atoms with Gasteiger partial charge in [0.25, 0.3) is 0 Å². The van der Waals surface area contributed by atoms with Gasteiger partial charge in [-0.3, -0.25) is 0 Å². The number of rotatable bonds is 3.